The number of H-pyrrole nitrogens is 1. The summed E-state index contributed by atoms with van der Waals surface area (Å²) in [5.74, 6) is 1.07. The summed E-state index contributed by atoms with van der Waals surface area (Å²) in [7, 11) is 0. The van der Waals surface area contributed by atoms with Gasteiger partial charge in [0.1, 0.15) is 29.5 Å². The van der Waals surface area contributed by atoms with Crippen molar-refractivity contribution >= 4 is 27.8 Å². The summed E-state index contributed by atoms with van der Waals surface area (Å²) >= 11 is 0. The van der Waals surface area contributed by atoms with E-state index in [2.05, 4.69) is 20.1 Å². The third kappa shape index (κ3) is 5.60. The van der Waals surface area contributed by atoms with E-state index < -0.39 is 0 Å². The van der Waals surface area contributed by atoms with Crippen LogP contribution in [0.1, 0.15) is 61.0 Å². The maximum Gasteiger partial charge on any atom is 0.267 e. The lowest BCUT2D eigenvalue weighted by Gasteiger charge is -2.46. The highest BCUT2D eigenvalue weighted by Gasteiger charge is 2.34. The van der Waals surface area contributed by atoms with Gasteiger partial charge >= 0.3 is 0 Å². The molecule has 2 aromatic heterocycles. The molecule has 2 aromatic carbocycles. The molecule has 2 N–H and O–H groups in total. The van der Waals surface area contributed by atoms with Crippen molar-refractivity contribution in [1.29, 1.82) is 0 Å². The first kappa shape index (κ1) is 26.5. The normalized spacial score (nSPS) is 22.7. The molecule has 3 fully saturated rings. The summed E-state index contributed by atoms with van der Waals surface area (Å²) in [5.41, 5.74) is 2.78. The zero-order valence-electron chi connectivity index (χ0n) is 23.5. The minimum absolute atomic E-state index is 0.0768. The number of rotatable bonds is 7. The van der Waals surface area contributed by atoms with Gasteiger partial charge in [0.2, 0.25) is 0 Å². The summed E-state index contributed by atoms with van der Waals surface area (Å²) in [5, 5.41) is 4.82. The summed E-state index contributed by atoms with van der Waals surface area (Å²) in [6.45, 7) is 6.12. The summed E-state index contributed by atoms with van der Waals surface area (Å²) in [4.78, 5) is 21.9. The van der Waals surface area contributed by atoms with Gasteiger partial charge in [0, 0.05) is 53.6 Å². The van der Waals surface area contributed by atoms with Crippen LogP contribution in [0.2, 0.25) is 0 Å². The van der Waals surface area contributed by atoms with E-state index in [1.807, 2.05) is 24.3 Å². The largest absolute Gasteiger partial charge is 0.488 e. The van der Waals surface area contributed by atoms with Gasteiger partial charge in [0.25, 0.3) is 5.91 Å². The smallest absolute Gasteiger partial charge is 0.267 e. The average molecular weight is 559 g/mol. The SMILES string of the molecule is O=C(NC1CCN(C[C@@H]2CCCN3CCCCC23)CC1)c1cc2c(OCc3coc4ccc(F)cc34)cccc2[nH]1. The zero-order chi connectivity index (χ0) is 27.8. The molecule has 41 heavy (non-hydrogen) atoms. The van der Waals surface area contributed by atoms with Crippen LogP contribution in [-0.2, 0) is 6.61 Å². The van der Waals surface area contributed by atoms with Crippen molar-refractivity contribution in [2.24, 2.45) is 5.92 Å². The average Bonchev–Trinajstić information content (AvgIpc) is 3.62. The Morgan fingerprint density at radius 2 is 1.88 bits per heavy atom. The Balaban J connectivity index is 0.951. The van der Waals surface area contributed by atoms with E-state index >= 15 is 0 Å². The topological polar surface area (TPSA) is 73.7 Å². The Hall–Kier alpha value is -3.36. The Morgan fingerprint density at radius 3 is 2.78 bits per heavy atom. The van der Waals surface area contributed by atoms with Crippen molar-refractivity contribution in [3.8, 4) is 5.75 Å². The number of fused-ring (bicyclic) bond motifs is 3. The molecule has 7 rings (SSSR count). The van der Waals surface area contributed by atoms with E-state index in [1.165, 1.54) is 63.9 Å². The first-order valence-corrected chi connectivity index (χ1v) is 15.3. The molecular formula is C33H39FN4O3. The molecule has 216 valence electrons. The van der Waals surface area contributed by atoms with E-state index in [-0.39, 0.29) is 24.4 Å². The number of ether oxygens (including phenoxy) is 1. The van der Waals surface area contributed by atoms with Crippen LogP contribution in [0, 0.1) is 11.7 Å². The van der Waals surface area contributed by atoms with Gasteiger partial charge in [-0.3, -0.25) is 4.79 Å². The van der Waals surface area contributed by atoms with Crippen LogP contribution in [0.15, 0.2) is 53.1 Å². The maximum atomic E-state index is 13.8. The van der Waals surface area contributed by atoms with Gasteiger partial charge in [-0.15, -0.1) is 0 Å². The number of piperidine rings is 3. The molecule has 3 saturated heterocycles. The van der Waals surface area contributed by atoms with Crippen LogP contribution >= 0.6 is 0 Å². The molecular weight excluding hydrogens is 519 g/mol. The first-order chi connectivity index (χ1) is 20.1. The summed E-state index contributed by atoms with van der Waals surface area (Å²) < 4.78 is 25.4. The molecule has 0 bridgehead atoms. The fraction of sp³-hybridized carbons (Fsp3) is 0.485. The minimum Gasteiger partial charge on any atom is -0.488 e. The lowest BCUT2D eigenvalue weighted by Crippen LogP contribution is -2.52. The van der Waals surface area contributed by atoms with Gasteiger partial charge in [-0.2, -0.15) is 0 Å². The Morgan fingerprint density at radius 1 is 1.00 bits per heavy atom. The van der Waals surface area contributed by atoms with E-state index in [9.17, 15) is 9.18 Å². The second-order valence-electron chi connectivity index (χ2n) is 12.1. The Bertz CT molecular complexity index is 1520. The van der Waals surface area contributed by atoms with Crippen molar-refractivity contribution < 1.29 is 18.3 Å². The second kappa shape index (κ2) is 11.5. The fourth-order valence-electron chi connectivity index (χ4n) is 7.34. The number of carbonyl (C=O) groups excluding carboxylic acids is 1. The molecule has 5 heterocycles. The van der Waals surface area contributed by atoms with Gasteiger partial charge in [-0.25, -0.2) is 4.39 Å². The van der Waals surface area contributed by atoms with Crippen LogP contribution in [0.25, 0.3) is 21.9 Å². The number of halogens is 1. The van der Waals surface area contributed by atoms with Gasteiger partial charge < -0.3 is 29.3 Å². The van der Waals surface area contributed by atoms with Gasteiger partial charge in [-0.1, -0.05) is 12.5 Å². The third-order valence-corrected chi connectivity index (χ3v) is 9.51. The van der Waals surface area contributed by atoms with Gasteiger partial charge in [-0.05, 0) is 93.9 Å². The predicted molar refractivity (Wildman–Crippen MR) is 158 cm³/mol. The summed E-state index contributed by atoms with van der Waals surface area (Å²) in [6, 6.07) is 13.0. The number of aromatic nitrogens is 1. The van der Waals surface area contributed by atoms with Gasteiger partial charge in [0.05, 0.1) is 6.26 Å². The van der Waals surface area contributed by atoms with Crippen molar-refractivity contribution in [3.63, 3.8) is 0 Å². The van der Waals surface area contributed by atoms with Crippen molar-refractivity contribution in [2.75, 3.05) is 32.7 Å². The van der Waals surface area contributed by atoms with E-state index in [0.717, 1.165) is 54.4 Å². The molecule has 3 aliphatic heterocycles. The fourth-order valence-corrected chi connectivity index (χ4v) is 7.34. The highest BCUT2D eigenvalue weighted by Crippen LogP contribution is 2.32. The standard InChI is InChI=1S/C33H39FN4O3/c34-24-9-10-32-26(17-24)23(21-41-32)20-40-31-8-3-6-28-27(31)18-29(36-28)33(39)35-25-11-15-37(16-12-25)19-22-5-4-14-38-13-2-1-7-30(22)38/h3,6,8-10,17-18,21-22,25,30,36H,1-2,4-5,7,11-16,19-20H2,(H,35,39)/t22-,30?/m0/s1. The zero-order valence-corrected chi connectivity index (χ0v) is 23.5. The molecule has 3 aliphatic rings. The lowest BCUT2D eigenvalue weighted by atomic mass is 9.83. The van der Waals surface area contributed by atoms with Crippen LogP contribution < -0.4 is 10.1 Å². The summed E-state index contributed by atoms with van der Waals surface area (Å²) in [6.07, 6.45) is 10.4. The monoisotopic (exact) mass is 558 g/mol. The molecule has 1 amide bonds. The molecule has 0 aliphatic carbocycles. The Labute approximate surface area is 240 Å². The van der Waals surface area contributed by atoms with Crippen LogP contribution in [-0.4, -0.2) is 65.5 Å². The number of hydrogen-bond donors (Lipinski definition) is 2. The number of nitrogens with one attached hydrogen (secondary N) is 2. The third-order valence-electron chi connectivity index (χ3n) is 9.51. The molecule has 0 saturated carbocycles. The van der Waals surface area contributed by atoms with Crippen molar-refractivity contribution in [2.45, 2.75) is 63.6 Å². The second-order valence-corrected chi connectivity index (χ2v) is 12.1. The molecule has 1 unspecified atom stereocenters. The number of benzene rings is 2. The molecule has 7 nitrogen and oxygen atoms in total. The van der Waals surface area contributed by atoms with Crippen LogP contribution in [0.3, 0.4) is 0 Å². The predicted octanol–water partition coefficient (Wildman–Crippen LogP) is 6.09. The number of carbonyl (C=O) groups is 1. The van der Waals surface area contributed by atoms with E-state index in [4.69, 9.17) is 9.15 Å². The molecule has 2 atom stereocenters. The van der Waals surface area contributed by atoms with Crippen molar-refractivity contribution in [1.82, 2.24) is 20.1 Å². The first-order valence-electron chi connectivity index (χ1n) is 15.3. The van der Waals surface area contributed by atoms with Crippen LogP contribution in [0.5, 0.6) is 5.75 Å². The highest BCUT2D eigenvalue weighted by molar-refractivity contribution is 5.99. The highest BCUT2D eigenvalue weighted by atomic mass is 19.1. The number of hydrogen-bond acceptors (Lipinski definition) is 5. The number of furan rings is 1. The van der Waals surface area contributed by atoms with Gasteiger partial charge in [0.15, 0.2) is 0 Å². The molecule has 0 radical (unpaired) electrons. The number of likely N-dealkylation sites (tertiary alicyclic amines) is 1. The lowest BCUT2D eigenvalue weighted by molar-refractivity contribution is 0.0351. The number of nitrogens with zero attached hydrogens (tertiary/aromatic N) is 2. The van der Waals surface area contributed by atoms with E-state index in [0.29, 0.717) is 22.4 Å². The molecule has 0 spiro atoms. The van der Waals surface area contributed by atoms with E-state index in [1.54, 1.807) is 12.3 Å². The molecule has 8 heteroatoms. The Kier molecular flexibility index (Phi) is 7.44. The van der Waals surface area contributed by atoms with Crippen LogP contribution in [0.4, 0.5) is 4.39 Å². The minimum atomic E-state index is -0.311. The molecule has 4 aromatic rings. The number of aromatic amines is 1. The van der Waals surface area contributed by atoms with Crippen molar-refractivity contribution in [3.05, 3.63) is 65.8 Å². The number of amides is 1. The quantitative estimate of drug-likeness (QED) is 0.287. The maximum absolute atomic E-state index is 13.8.